The number of halogens is 1. The van der Waals surface area contributed by atoms with Crippen LogP contribution < -0.4 is 0 Å². The first-order chi connectivity index (χ1) is 13.6. The minimum atomic E-state index is -0.0393. The Morgan fingerprint density at radius 2 is 1.17 bits per heavy atom. The van der Waals surface area contributed by atoms with Crippen molar-refractivity contribution >= 4 is 33.4 Å². The lowest BCUT2D eigenvalue weighted by atomic mass is 9.82. The molecule has 0 fully saturated rings. The Hall–Kier alpha value is -2.45. The predicted octanol–water partition coefficient (Wildman–Crippen LogP) is 7.70. The summed E-state index contributed by atoms with van der Waals surface area (Å²) < 4.78 is 0. The van der Waals surface area contributed by atoms with E-state index in [0.29, 0.717) is 5.15 Å². The maximum absolute atomic E-state index is 6.48. The van der Waals surface area contributed by atoms with Gasteiger partial charge >= 0.3 is 0 Å². The maximum Gasteiger partial charge on any atom is 0.130 e. The van der Waals surface area contributed by atoms with Gasteiger partial charge in [-0.15, -0.1) is 0 Å². The highest BCUT2D eigenvalue weighted by Crippen LogP contribution is 2.38. The molecule has 0 N–H and O–H groups in total. The summed E-state index contributed by atoms with van der Waals surface area (Å²) in [4.78, 5) is 9.83. The summed E-state index contributed by atoms with van der Waals surface area (Å²) in [7, 11) is 0. The van der Waals surface area contributed by atoms with Crippen molar-refractivity contribution in [3.8, 4) is 11.3 Å². The Balaban J connectivity index is 2.18. The van der Waals surface area contributed by atoms with Crippen molar-refractivity contribution in [2.24, 2.45) is 0 Å². The summed E-state index contributed by atoms with van der Waals surface area (Å²) in [6.45, 7) is 13.3. The van der Waals surface area contributed by atoms with Gasteiger partial charge in [0.05, 0.1) is 16.7 Å². The highest BCUT2D eigenvalue weighted by atomic mass is 35.5. The number of benzene rings is 2. The molecule has 0 aliphatic heterocycles. The molecule has 0 unspecified atom stereocenters. The quantitative estimate of drug-likeness (QED) is 0.241. The molecule has 2 nitrogen and oxygen atoms in total. The van der Waals surface area contributed by atoms with Crippen LogP contribution in [0.2, 0.25) is 5.15 Å². The zero-order valence-corrected chi connectivity index (χ0v) is 18.7. The molecule has 0 spiro atoms. The summed E-state index contributed by atoms with van der Waals surface area (Å²) in [5.41, 5.74) is 6.27. The lowest BCUT2D eigenvalue weighted by molar-refractivity contribution is 0.594. The average Bonchev–Trinajstić information content (AvgIpc) is 2.65. The number of rotatable bonds is 1. The van der Waals surface area contributed by atoms with Crippen LogP contribution in [0.15, 0.2) is 54.6 Å². The summed E-state index contributed by atoms with van der Waals surface area (Å²) in [5, 5.41) is 2.77. The first-order valence-electron chi connectivity index (χ1n) is 10.1. The number of hydrogen-bond donors (Lipinski definition) is 0. The Kier molecular flexibility index (Phi) is 4.66. The molecule has 4 rings (SSSR count). The Bertz CT molecular complexity index is 1210. The van der Waals surface area contributed by atoms with Crippen LogP contribution in [0.4, 0.5) is 0 Å². The third kappa shape index (κ3) is 3.62. The average molecular weight is 403 g/mol. The van der Waals surface area contributed by atoms with Gasteiger partial charge in [0.2, 0.25) is 0 Å². The summed E-state index contributed by atoms with van der Waals surface area (Å²) in [6, 6.07) is 18.9. The van der Waals surface area contributed by atoms with Gasteiger partial charge in [0.15, 0.2) is 0 Å². The van der Waals surface area contributed by atoms with Gasteiger partial charge in [0.1, 0.15) is 5.15 Å². The fourth-order valence-electron chi connectivity index (χ4n) is 3.94. The van der Waals surface area contributed by atoms with Crippen LogP contribution in [0.1, 0.15) is 52.7 Å². The molecular formula is C26H27ClN2. The minimum Gasteiger partial charge on any atom is -0.245 e. The molecule has 0 saturated heterocycles. The minimum absolute atomic E-state index is 0.0240. The Labute approximate surface area is 178 Å². The smallest absolute Gasteiger partial charge is 0.130 e. The third-order valence-corrected chi connectivity index (χ3v) is 5.61. The van der Waals surface area contributed by atoms with Crippen molar-refractivity contribution in [3.63, 3.8) is 0 Å². The molecule has 2 aromatic heterocycles. The van der Waals surface area contributed by atoms with E-state index in [1.165, 1.54) is 11.1 Å². The van der Waals surface area contributed by atoms with Gasteiger partial charge in [-0.1, -0.05) is 95.6 Å². The predicted molar refractivity (Wildman–Crippen MR) is 125 cm³/mol. The summed E-state index contributed by atoms with van der Waals surface area (Å²) in [6.07, 6.45) is 0. The standard InChI is InChI=1S/C26H27ClN2/c1-25(2,3)19-14-21(16-10-8-7-9-11-16)28-23-17(19)12-13-18-20(26(4,5)6)15-22(27)29-24(18)23/h7-15H,1-6H3. The number of fused-ring (bicyclic) bond motifs is 3. The molecule has 29 heavy (non-hydrogen) atoms. The van der Waals surface area contributed by atoms with Crippen molar-refractivity contribution in [1.82, 2.24) is 9.97 Å². The van der Waals surface area contributed by atoms with Gasteiger partial charge in [-0.25, -0.2) is 9.97 Å². The molecule has 148 valence electrons. The highest BCUT2D eigenvalue weighted by Gasteiger charge is 2.23. The summed E-state index contributed by atoms with van der Waals surface area (Å²) in [5.74, 6) is 0. The molecule has 0 saturated carbocycles. The molecule has 0 amide bonds. The van der Waals surface area contributed by atoms with E-state index in [2.05, 4.69) is 71.9 Å². The topological polar surface area (TPSA) is 25.8 Å². The molecule has 0 aliphatic carbocycles. The lowest BCUT2D eigenvalue weighted by Gasteiger charge is -2.24. The largest absolute Gasteiger partial charge is 0.245 e. The molecule has 3 heteroatoms. The molecule has 2 aromatic carbocycles. The third-order valence-electron chi connectivity index (χ3n) is 5.41. The van der Waals surface area contributed by atoms with E-state index in [1.807, 2.05) is 24.3 Å². The first-order valence-corrected chi connectivity index (χ1v) is 10.4. The van der Waals surface area contributed by atoms with Crippen molar-refractivity contribution in [1.29, 1.82) is 0 Å². The van der Waals surface area contributed by atoms with E-state index in [4.69, 9.17) is 21.6 Å². The van der Waals surface area contributed by atoms with Gasteiger partial charge < -0.3 is 0 Å². The van der Waals surface area contributed by atoms with Crippen LogP contribution in [0.3, 0.4) is 0 Å². The molecule has 0 bridgehead atoms. The van der Waals surface area contributed by atoms with Crippen LogP contribution in [-0.2, 0) is 10.8 Å². The van der Waals surface area contributed by atoms with Crippen LogP contribution in [-0.4, -0.2) is 9.97 Å². The number of hydrogen-bond acceptors (Lipinski definition) is 2. The zero-order valence-electron chi connectivity index (χ0n) is 18.0. The molecule has 0 radical (unpaired) electrons. The van der Waals surface area contributed by atoms with Crippen LogP contribution >= 0.6 is 11.6 Å². The second-order valence-electron chi connectivity index (χ2n) is 9.77. The van der Waals surface area contributed by atoms with Gasteiger partial charge in [-0.3, -0.25) is 0 Å². The zero-order chi connectivity index (χ0) is 21.0. The van der Waals surface area contributed by atoms with Gasteiger partial charge in [0, 0.05) is 16.3 Å². The normalized spacial score (nSPS) is 12.7. The number of aromatic nitrogens is 2. The fraction of sp³-hybridized carbons (Fsp3) is 0.308. The van der Waals surface area contributed by atoms with E-state index < -0.39 is 0 Å². The second-order valence-corrected chi connectivity index (χ2v) is 10.2. The van der Waals surface area contributed by atoms with Gasteiger partial charge in [-0.05, 0) is 34.1 Å². The maximum atomic E-state index is 6.48. The highest BCUT2D eigenvalue weighted by molar-refractivity contribution is 6.30. The van der Waals surface area contributed by atoms with Crippen molar-refractivity contribution in [3.05, 3.63) is 70.9 Å². The Morgan fingerprint density at radius 3 is 1.72 bits per heavy atom. The van der Waals surface area contributed by atoms with E-state index in [0.717, 1.165) is 33.1 Å². The molecule has 0 aliphatic rings. The summed E-state index contributed by atoms with van der Waals surface area (Å²) >= 11 is 6.48. The van der Waals surface area contributed by atoms with Crippen LogP contribution in [0.5, 0.6) is 0 Å². The van der Waals surface area contributed by atoms with Crippen LogP contribution in [0, 0.1) is 0 Å². The number of nitrogens with zero attached hydrogens (tertiary/aromatic N) is 2. The first kappa shape index (κ1) is 19.8. The van der Waals surface area contributed by atoms with E-state index >= 15 is 0 Å². The van der Waals surface area contributed by atoms with E-state index in [1.54, 1.807) is 0 Å². The van der Waals surface area contributed by atoms with Crippen molar-refractivity contribution in [2.45, 2.75) is 52.4 Å². The van der Waals surface area contributed by atoms with Gasteiger partial charge in [-0.2, -0.15) is 0 Å². The molecule has 2 heterocycles. The van der Waals surface area contributed by atoms with Crippen molar-refractivity contribution in [2.75, 3.05) is 0 Å². The fourth-order valence-corrected chi connectivity index (χ4v) is 4.14. The molecule has 0 atom stereocenters. The SMILES string of the molecule is CC(C)(C)c1cc(Cl)nc2c1ccc1c(C(C)(C)C)cc(-c3ccccc3)nc12. The van der Waals surface area contributed by atoms with Gasteiger partial charge in [0.25, 0.3) is 0 Å². The monoisotopic (exact) mass is 402 g/mol. The second kappa shape index (κ2) is 6.81. The molecular weight excluding hydrogens is 376 g/mol. The lowest BCUT2D eigenvalue weighted by Crippen LogP contribution is -2.14. The van der Waals surface area contributed by atoms with E-state index in [-0.39, 0.29) is 10.8 Å². The van der Waals surface area contributed by atoms with Crippen molar-refractivity contribution < 1.29 is 0 Å². The van der Waals surface area contributed by atoms with E-state index in [9.17, 15) is 0 Å². The van der Waals surface area contributed by atoms with Crippen LogP contribution in [0.25, 0.3) is 33.1 Å². The molecule has 4 aromatic rings. The number of pyridine rings is 2. The Morgan fingerprint density at radius 1 is 0.655 bits per heavy atom.